The van der Waals surface area contributed by atoms with Crippen molar-refractivity contribution in [2.45, 2.75) is 4.90 Å². The van der Waals surface area contributed by atoms with E-state index in [-0.39, 0.29) is 0 Å². The van der Waals surface area contributed by atoms with Crippen molar-refractivity contribution in [1.29, 1.82) is 0 Å². The van der Waals surface area contributed by atoms with Crippen LogP contribution in [0, 0.1) is 0 Å². The minimum Gasteiger partial charge on any atom is -0.375 e. The van der Waals surface area contributed by atoms with E-state index in [9.17, 15) is 0 Å². The standard InChI is InChI=1S/C13H11NS/c1-2-4-10(5-3-1)11-6-7-12-13(8-11)15-9-14-12/h1-8,14H,9H2. The van der Waals surface area contributed by atoms with Crippen molar-refractivity contribution < 1.29 is 0 Å². The topological polar surface area (TPSA) is 12.0 Å². The molecule has 0 saturated heterocycles. The van der Waals surface area contributed by atoms with Gasteiger partial charge in [0.25, 0.3) is 0 Å². The van der Waals surface area contributed by atoms with E-state index >= 15 is 0 Å². The summed E-state index contributed by atoms with van der Waals surface area (Å²) in [6.45, 7) is 0. The monoisotopic (exact) mass is 213 g/mol. The molecule has 0 fully saturated rings. The molecular formula is C13H11NS. The summed E-state index contributed by atoms with van der Waals surface area (Å²) in [5.74, 6) is 0.994. The van der Waals surface area contributed by atoms with E-state index in [2.05, 4.69) is 47.8 Å². The van der Waals surface area contributed by atoms with E-state index in [4.69, 9.17) is 0 Å². The van der Waals surface area contributed by atoms with Crippen LogP contribution in [0.3, 0.4) is 0 Å². The van der Waals surface area contributed by atoms with Crippen molar-refractivity contribution >= 4 is 17.4 Å². The van der Waals surface area contributed by atoms with Crippen LogP contribution in [0.15, 0.2) is 53.4 Å². The second kappa shape index (κ2) is 3.63. The summed E-state index contributed by atoms with van der Waals surface area (Å²) in [4.78, 5) is 1.36. The van der Waals surface area contributed by atoms with E-state index in [0.29, 0.717) is 0 Å². The lowest BCUT2D eigenvalue weighted by molar-refractivity contribution is 1.42. The van der Waals surface area contributed by atoms with Gasteiger partial charge in [-0.2, -0.15) is 0 Å². The highest BCUT2D eigenvalue weighted by molar-refractivity contribution is 7.99. The molecule has 0 amide bonds. The number of nitrogens with one attached hydrogen (secondary N) is 1. The summed E-state index contributed by atoms with van der Waals surface area (Å²) in [6.07, 6.45) is 0. The van der Waals surface area contributed by atoms with Crippen molar-refractivity contribution in [3.8, 4) is 11.1 Å². The molecule has 74 valence electrons. The zero-order chi connectivity index (χ0) is 10.1. The lowest BCUT2D eigenvalue weighted by Gasteiger charge is -2.03. The molecule has 1 aliphatic heterocycles. The molecule has 0 aliphatic carbocycles. The molecule has 2 aromatic carbocycles. The third kappa shape index (κ3) is 1.61. The summed E-state index contributed by atoms with van der Waals surface area (Å²) in [5, 5.41) is 3.34. The van der Waals surface area contributed by atoms with Crippen LogP contribution in [-0.2, 0) is 0 Å². The lowest BCUT2D eigenvalue weighted by Crippen LogP contribution is -1.87. The summed E-state index contributed by atoms with van der Waals surface area (Å²) >= 11 is 1.87. The number of fused-ring (bicyclic) bond motifs is 1. The molecule has 1 aliphatic rings. The van der Waals surface area contributed by atoms with Crippen LogP contribution in [0.5, 0.6) is 0 Å². The first-order valence-electron chi connectivity index (χ1n) is 5.00. The molecule has 1 N–H and O–H groups in total. The predicted octanol–water partition coefficient (Wildman–Crippen LogP) is 3.83. The molecule has 0 radical (unpaired) electrons. The highest BCUT2D eigenvalue weighted by Crippen LogP contribution is 2.36. The molecular weight excluding hydrogens is 202 g/mol. The van der Waals surface area contributed by atoms with E-state index in [0.717, 1.165) is 5.88 Å². The van der Waals surface area contributed by atoms with E-state index in [1.165, 1.54) is 21.7 Å². The molecule has 0 spiro atoms. The Hall–Kier alpha value is -1.41. The second-order valence-corrected chi connectivity index (χ2v) is 4.56. The second-order valence-electron chi connectivity index (χ2n) is 3.54. The minimum atomic E-state index is 0.994. The minimum absolute atomic E-state index is 0.994. The number of rotatable bonds is 1. The largest absolute Gasteiger partial charge is 0.375 e. The maximum absolute atomic E-state index is 3.34. The van der Waals surface area contributed by atoms with Crippen LogP contribution in [0.4, 0.5) is 5.69 Å². The number of thioether (sulfide) groups is 1. The Balaban J connectivity index is 2.07. The molecule has 0 aromatic heterocycles. The lowest BCUT2D eigenvalue weighted by atomic mass is 10.1. The molecule has 2 aromatic rings. The van der Waals surface area contributed by atoms with E-state index < -0.39 is 0 Å². The van der Waals surface area contributed by atoms with Gasteiger partial charge in [-0.3, -0.25) is 0 Å². The number of benzene rings is 2. The molecule has 3 rings (SSSR count). The van der Waals surface area contributed by atoms with Gasteiger partial charge in [-0.15, -0.1) is 11.8 Å². The van der Waals surface area contributed by atoms with Crippen LogP contribution in [-0.4, -0.2) is 5.88 Å². The van der Waals surface area contributed by atoms with Gasteiger partial charge in [0.15, 0.2) is 0 Å². The average Bonchev–Trinajstić information content (AvgIpc) is 2.77. The summed E-state index contributed by atoms with van der Waals surface area (Å²) < 4.78 is 0. The third-order valence-electron chi connectivity index (χ3n) is 2.58. The average molecular weight is 213 g/mol. The highest BCUT2D eigenvalue weighted by atomic mass is 32.2. The van der Waals surface area contributed by atoms with Gasteiger partial charge in [0.1, 0.15) is 0 Å². The van der Waals surface area contributed by atoms with Gasteiger partial charge >= 0.3 is 0 Å². The zero-order valence-electron chi connectivity index (χ0n) is 8.23. The molecule has 0 atom stereocenters. The highest BCUT2D eigenvalue weighted by Gasteiger charge is 2.10. The Morgan fingerprint density at radius 1 is 0.933 bits per heavy atom. The van der Waals surface area contributed by atoms with Gasteiger partial charge in [0.05, 0.1) is 5.88 Å². The fraction of sp³-hybridized carbons (Fsp3) is 0.0769. The molecule has 2 heteroatoms. The van der Waals surface area contributed by atoms with E-state index in [1.54, 1.807) is 0 Å². The molecule has 1 nitrogen and oxygen atoms in total. The zero-order valence-corrected chi connectivity index (χ0v) is 9.05. The first-order valence-corrected chi connectivity index (χ1v) is 5.98. The molecule has 0 saturated carbocycles. The quantitative estimate of drug-likeness (QED) is 0.772. The first-order chi connectivity index (χ1) is 7.43. The van der Waals surface area contributed by atoms with Crippen LogP contribution < -0.4 is 5.32 Å². The Morgan fingerprint density at radius 3 is 2.67 bits per heavy atom. The Morgan fingerprint density at radius 2 is 1.80 bits per heavy atom. The van der Waals surface area contributed by atoms with Gasteiger partial charge in [-0.25, -0.2) is 0 Å². The number of hydrogen-bond acceptors (Lipinski definition) is 2. The van der Waals surface area contributed by atoms with Gasteiger partial charge in [0.2, 0.25) is 0 Å². The SMILES string of the molecule is c1ccc(-c2ccc3c(c2)SCN3)cc1. The Bertz CT molecular complexity index is 479. The van der Waals surface area contributed by atoms with Crippen molar-refractivity contribution in [2.24, 2.45) is 0 Å². The fourth-order valence-electron chi connectivity index (χ4n) is 1.79. The van der Waals surface area contributed by atoms with Crippen LogP contribution in [0.2, 0.25) is 0 Å². The van der Waals surface area contributed by atoms with Gasteiger partial charge in [-0.1, -0.05) is 36.4 Å². The van der Waals surface area contributed by atoms with Crippen molar-refractivity contribution in [1.82, 2.24) is 0 Å². The van der Waals surface area contributed by atoms with Crippen LogP contribution in [0.1, 0.15) is 0 Å². The Kier molecular flexibility index (Phi) is 2.14. The third-order valence-corrected chi connectivity index (χ3v) is 3.52. The van der Waals surface area contributed by atoms with Crippen molar-refractivity contribution in [2.75, 3.05) is 11.2 Å². The molecule has 0 bridgehead atoms. The van der Waals surface area contributed by atoms with Crippen LogP contribution >= 0.6 is 11.8 Å². The van der Waals surface area contributed by atoms with Crippen LogP contribution in [0.25, 0.3) is 11.1 Å². The van der Waals surface area contributed by atoms with Gasteiger partial charge < -0.3 is 5.32 Å². The summed E-state index contributed by atoms with van der Waals surface area (Å²) in [7, 11) is 0. The molecule has 15 heavy (non-hydrogen) atoms. The van der Waals surface area contributed by atoms with Gasteiger partial charge in [-0.05, 0) is 23.3 Å². The molecule has 1 heterocycles. The smallest absolute Gasteiger partial charge is 0.0658 e. The predicted molar refractivity (Wildman–Crippen MR) is 66.2 cm³/mol. The maximum Gasteiger partial charge on any atom is 0.0658 e. The summed E-state index contributed by atoms with van der Waals surface area (Å²) in [6, 6.07) is 17.1. The summed E-state index contributed by atoms with van der Waals surface area (Å²) in [5.41, 5.74) is 3.85. The Labute approximate surface area is 93.5 Å². The molecule has 0 unspecified atom stereocenters. The van der Waals surface area contributed by atoms with Crippen molar-refractivity contribution in [3.63, 3.8) is 0 Å². The normalized spacial score (nSPS) is 13.3. The maximum atomic E-state index is 3.34. The van der Waals surface area contributed by atoms with Gasteiger partial charge in [0, 0.05) is 10.6 Å². The van der Waals surface area contributed by atoms with Crippen molar-refractivity contribution in [3.05, 3.63) is 48.5 Å². The number of hydrogen-bond donors (Lipinski definition) is 1. The van der Waals surface area contributed by atoms with E-state index in [1.807, 2.05) is 17.8 Å². The fourth-order valence-corrected chi connectivity index (χ4v) is 2.68. The number of anilines is 1. The first kappa shape index (κ1) is 8.86.